The summed E-state index contributed by atoms with van der Waals surface area (Å²) in [6, 6.07) is 0. The third-order valence-electron chi connectivity index (χ3n) is 2.76. The van der Waals surface area contributed by atoms with Crippen molar-refractivity contribution < 1.29 is 14.6 Å². The number of rotatable bonds is 8. The second kappa shape index (κ2) is 8.08. The molecule has 0 aromatic rings. The van der Waals surface area contributed by atoms with Crippen LogP contribution in [0.25, 0.3) is 0 Å². The van der Waals surface area contributed by atoms with Crippen LogP contribution in [0.2, 0.25) is 0 Å². The highest BCUT2D eigenvalue weighted by Gasteiger charge is 2.14. The van der Waals surface area contributed by atoms with Gasteiger partial charge < -0.3 is 14.6 Å². The molecule has 1 N–H and O–H groups in total. The van der Waals surface area contributed by atoms with Gasteiger partial charge in [-0.15, -0.1) is 0 Å². The van der Waals surface area contributed by atoms with E-state index in [-0.39, 0.29) is 24.9 Å². The Labute approximate surface area is 93.8 Å². The molecule has 0 saturated heterocycles. The Kier molecular flexibility index (Phi) is 8.02. The molecule has 0 amide bonds. The molecule has 0 aromatic heterocycles. The number of hydrogen-bond acceptors (Lipinski definition) is 3. The fourth-order valence-corrected chi connectivity index (χ4v) is 1.22. The van der Waals surface area contributed by atoms with Crippen LogP contribution in [0.3, 0.4) is 0 Å². The van der Waals surface area contributed by atoms with Crippen molar-refractivity contribution >= 4 is 0 Å². The zero-order chi connectivity index (χ0) is 11.8. The van der Waals surface area contributed by atoms with Crippen LogP contribution >= 0.6 is 0 Å². The molecule has 0 radical (unpaired) electrons. The van der Waals surface area contributed by atoms with Crippen LogP contribution in [0.1, 0.15) is 41.0 Å². The summed E-state index contributed by atoms with van der Waals surface area (Å²) in [5, 5.41) is 8.79. The van der Waals surface area contributed by atoms with Gasteiger partial charge in [0.1, 0.15) is 0 Å². The number of aliphatic hydroxyl groups excluding tert-OH is 1. The molecule has 0 fully saturated rings. The van der Waals surface area contributed by atoms with E-state index in [1.54, 1.807) is 0 Å². The van der Waals surface area contributed by atoms with Crippen LogP contribution in [0, 0.1) is 5.92 Å². The first kappa shape index (κ1) is 14.9. The molecule has 0 aliphatic carbocycles. The zero-order valence-corrected chi connectivity index (χ0v) is 10.7. The van der Waals surface area contributed by atoms with E-state index in [4.69, 9.17) is 14.6 Å². The van der Waals surface area contributed by atoms with Gasteiger partial charge in [-0.05, 0) is 26.7 Å². The fourth-order valence-electron chi connectivity index (χ4n) is 1.22. The Hall–Kier alpha value is -0.120. The number of ether oxygens (including phenoxy) is 2. The summed E-state index contributed by atoms with van der Waals surface area (Å²) in [4.78, 5) is 0. The number of aliphatic hydroxyl groups is 1. The molecule has 4 atom stereocenters. The highest BCUT2D eigenvalue weighted by molar-refractivity contribution is 4.62. The summed E-state index contributed by atoms with van der Waals surface area (Å²) in [5.41, 5.74) is 0. The summed E-state index contributed by atoms with van der Waals surface area (Å²) in [7, 11) is 0. The van der Waals surface area contributed by atoms with E-state index < -0.39 is 0 Å². The van der Waals surface area contributed by atoms with Gasteiger partial charge in [-0.1, -0.05) is 20.3 Å². The minimum atomic E-state index is -0.102. The molecule has 0 aliphatic rings. The molecule has 92 valence electrons. The SMILES string of the molecule is CCC(C)C(C)OC(C)COC(C)CO. The lowest BCUT2D eigenvalue weighted by Gasteiger charge is -2.24. The predicted molar refractivity (Wildman–Crippen MR) is 62.0 cm³/mol. The van der Waals surface area contributed by atoms with Gasteiger partial charge in [0.2, 0.25) is 0 Å². The summed E-state index contributed by atoms with van der Waals surface area (Å²) in [5.74, 6) is 0.572. The van der Waals surface area contributed by atoms with Gasteiger partial charge in [0, 0.05) is 0 Å². The van der Waals surface area contributed by atoms with Crippen LogP contribution in [0.15, 0.2) is 0 Å². The first-order chi connectivity index (χ1) is 7.01. The van der Waals surface area contributed by atoms with Crippen molar-refractivity contribution in [3.05, 3.63) is 0 Å². The minimum Gasteiger partial charge on any atom is -0.394 e. The van der Waals surface area contributed by atoms with Crippen molar-refractivity contribution in [3.8, 4) is 0 Å². The Morgan fingerprint density at radius 2 is 1.67 bits per heavy atom. The zero-order valence-electron chi connectivity index (χ0n) is 10.7. The Balaban J connectivity index is 3.68. The van der Waals surface area contributed by atoms with Gasteiger partial charge in [0.15, 0.2) is 0 Å². The smallest absolute Gasteiger partial charge is 0.0784 e. The van der Waals surface area contributed by atoms with Gasteiger partial charge >= 0.3 is 0 Å². The van der Waals surface area contributed by atoms with E-state index in [2.05, 4.69) is 20.8 Å². The van der Waals surface area contributed by atoms with Gasteiger partial charge in [-0.25, -0.2) is 0 Å². The molecule has 0 heterocycles. The minimum absolute atomic E-state index is 0.0631. The lowest BCUT2D eigenvalue weighted by molar-refractivity contribution is -0.0804. The van der Waals surface area contributed by atoms with E-state index in [1.807, 2.05) is 13.8 Å². The quantitative estimate of drug-likeness (QED) is 0.679. The first-order valence-corrected chi connectivity index (χ1v) is 5.89. The van der Waals surface area contributed by atoms with Gasteiger partial charge in [0.05, 0.1) is 31.5 Å². The van der Waals surface area contributed by atoms with Gasteiger partial charge in [-0.3, -0.25) is 0 Å². The molecule has 0 rings (SSSR count). The summed E-state index contributed by atoms with van der Waals surface area (Å²) >= 11 is 0. The van der Waals surface area contributed by atoms with Crippen molar-refractivity contribution in [2.24, 2.45) is 5.92 Å². The predicted octanol–water partition coefficient (Wildman–Crippen LogP) is 2.22. The molecular formula is C12H26O3. The van der Waals surface area contributed by atoms with Gasteiger partial charge in [0.25, 0.3) is 0 Å². The van der Waals surface area contributed by atoms with Crippen LogP contribution in [0.4, 0.5) is 0 Å². The van der Waals surface area contributed by atoms with E-state index in [1.165, 1.54) is 0 Å². The summed E-state index contributed by atoms with van der Waals surface area (Å²) in [6.07, 6.45) is 1.37. The monoisotopic (exact) mass is 218 g/mol. The van der Waals surface area contributed by atoms with Crippen molar-refractivity contribution in [2.75, 3.05) is 13.2 Å². The second-order valence-electron chi connectivity index (χ2n) is 4.36. The second-order valence-corrected chi connectivity index (χ2v) is 4.36. The lowest BCUT2D eigenvalue weighted by Crippen LogP contribution is -2.28. The third kappa shape index (κ3) is 6.88. The van der Waals surface area contributed by atoms with Crippen LogP contribution in [-0.2, 0) is 9.47 Å². The summed E-state index contributed by atoms with van der Waals surface area (Å²) < 4.78 is 11.2. The molecule has 3 nitrogen and oxygen atoms in total. The van der Waals surface area contributed by atoms with Gasteiger partial charge in [-0.2, -0.15) is 0 Å². The molecule has 0 spiro atoms. The molecule has 15 heavy (non-hydrogen) atoms. The normalized spacial score (nSPS) is 19.6. The fraction of sp³-hybridized carbons (Fsp3) is 1.00. The highest BCUT2D eigenvalue weighted by atomic mass is 16.5. The molecular weight excluding hydrogens is 192 g/mol. The maximum absolute atomic E-state index is 8.79. The van der Waals surface area contributed by atoms with Crippen molar-refractivity contribution in [3.63, 3.8) is 0 Å². The maximum atomic E-state index is 8.79. The van der Waals surface area contributed by atoms with E-state index in [9.17, 15) is 0 Å². The Bertz CT molecular complexity index is 150. The topological polar surface area (TPSA) is 38.7 Å². The lowest BCUT2D eigenvalue weighted by atomic mass is 10.0. The van der Waals surface area contributed by atoms with Crippen molar-refractivity contribution in [1.29, 1.82) is 0 Å². The van der Waals surface area contributed by atoms with E-state index in [0.29, 0.717) is 12.5 Å². The molecule has 0 aromatic carbocycles. The standard InChI is InChI=1S/C12H26O3/c1-6-9(2)12(5)15-11(4)8-14-10(3)7-13/h9-13H,6-8H2,1-5H3. The van der Waals surface area contributed by atoms with E-state index in [0.717, 1.165) is 6.42 Å². The molecule has 4 unspecified atom stereocenters. The third-order valence-corrected chi connectivity index (χ3v) is 2.76. The average Bonchev–Trinajstić information content (AvgIpc) is 2.24. The largest absolute Gasteiger partial charge is 0.394 e. The Morgan fingerprint density at radius 1 is 1.07 bits per heavy atom. The van der Waals surface area contributed by atoms with Crippen molar-refractivity contribution in [1.82, 2.24) is 0 Å². The maximum Gasteiger partial charge on any atom is 0.0784 e. The molecule has 0 aliphatic heterocycles. The summed E-state index contributed by atoms with van der Waals surface area (Å²) in [6.45, 7) is 10.9. The molecule has 0 bridgehead atoms. The average molecular weight is 218 g/mol. The highest BCUT2D eigenvalue weighted by Crippen LogP contribution is 2.13. The number of hydrogen-bond donors (Lipinski definition) is 1. The Morgan fingerprint density at radius 3 is 2.13 bits per heavy atom. The van der Waals surface area contributed by atoms with Crippen LogP contribution in [0.5, 0.6) is 0 Å². The molecule has 0 saturated carbocycles. The van der Waals surface area contributed by atoms with E-state index >= 15 is 0 Å². The van der Waals surface area contributed by atoms with Crippen molar-refractivity contribution in [2.45, 2.75) is 59.4 Å². The molecule has 3 heteroatoms. The van der Waals surface area contributed by atoms with Crippen LogP contribution < -0.4 is 0 Å². The first-order valence-electron chi connectivity index (χ1n) is 5.89. The van der Waals surface area contributed by atoms with Crippen LogP contribution in [-0.4, -0.2) is 36.6 Å².